The van der Waals surface area contributed by atoms with Gasteiger partial charge in [-0.05, 0) is 95.1 Å². The zero-order valence-corrected chi connectivity index (χ0v) is 57.8. The first kappa shape index (κ1) is 77.2. The molecule has 4 aliphatic rings. The van der Waals surface area contributed by atoms with E-state index in [4.69, 9.17) is 18.9 Å². The van der Waals surface area contributed by atoms with E-state index in [1.165, 1.54) is 72.1 Å². The molecule has 2 saturated heterocycles. The fourth-order valence-electron chi connectivity index (χ4n) is 12.0. The summed E-state index contributed by atoms with van der Waals surface area (Å²) in [6, 6.07) is 26.2. The second-order valence-corrected chi connectivity index (χ2v) is 26.3. The van der Waals surface area contributed by atoms with Crippen LogP contribution in [0.4, 0.5) is 0 Å². The van der Waals surface area contributed by atoms with Gasteiger partial charge in [0.1, 0.15) is 24.4 Å². The van der Waals surface area contributed by atoms with Crippen LogP contribution < -0.4 is 61.5 Å². The number of hydrogen-bond donors (Lipinski definition) is 14. The molecule has 99 heavy (non-hydrogen) atoms. The molecular weight excluding hydrogens is 1340 g/mol. The van der Waals surface area contributed by atoms with Crippen LogP contribution in [-0.2, 0) is 38.1 Å². The number of carbonyl (C=O) groups excluding carboxylic acids is 8. The molecule has 0 radical (unpaired) electrons. The molecule has 2 fully saturated rings. The Morgan fingerprint density at radius 2 is 0.818 bits per heavy atom. The maximum atomic E-state index is 13.2. The Balaban J connectivity index is 0.0000125. The zero-order chi connectivity index (χ0) is 70.6. The van der Waals surface area contributed by atoms with Crippen LogP contribution >= 0.6 is 23.5 Å². The minimum Gasteiger partial charge on any atom is -0.477 e. The van der Waals surface area contributed by atoms with Crippen molar-refractivity contribution in [2.75, 3.05) is 62.4 Å². The molecule has 2 aliphatic carbocycles. The first-order chi connectivity index (χ1) is 46.8. The zero-order valence-electron chi connectivity index (χ0n) is 54.2. The normalized spacial score (nSPS) is 22.3. The van der Waals surface area contributed by atoms with Gasteiger partial charge in [0, 0.05) is 109 Å². The van der Waals surface area contributed by atoms with Crippen molar-refractivity contribution in [1.82, 2.24) is 31.9 Å². The summed E-state index contributed by atoms with van der Waals surface area (Å²) in [6.07, 6.45) is -15.2. The van der Waals surface area contributed by atoms with Gasteiger partial charge in [0.25, 0.3) is 35.2 Å². The number of aliphatic hydroxyl groups excluding tert-OH is 6. The van der Waals surface area contributed by atoms with Crippen molar-refractivity contribution in [1.29, 1.82) is 0 Å². The number of carbonyl (C=O) groups is 10. The van der Waals surface area contributed by atoms with Gasteiger partial charge in [-0.1, -0.05) is 60.7 Å². The van der Waals surface area contributed by atoms with E-state index in [1.54, 1.807) is 60.7 Å². The van der Waals surface area contributed by atoms with Gasteiger partial charge in [-0.15, -0.1) is 0 Å². The molecule has 9 rings (SSSR count). The molecule has 5 aromatic rings. The number of amides is 6. The summed E-state index contributed by atoms with van der Waals surface area (Å²) < 4.78 is 23.2. The van der Waals surface area contributed by atoms with E-state index in [0.29, 0.717) is 56.4 Å². The number of ether oxygens (including phenoxy) is 4. The smallest absolute Gasteiger partial charge is 0.477 e. The number of carboxylic acid groups (broad SMARTS) is 2. The minimum absolute atomic E-state index is 0. The third-order valence-corrected chi connectivity index (χ3v) is 19.1. The molecular formula is C68H76N6NaO22S2+. The molecule has 0 aromatic heterocycles. The third-order valence-electron chi connectivity index (χ3n) is 16.9. The van der Waals surface area contributed by atoms with Crippen molar-refractivity contribution >= 4 is 82.5 Å². The fourth-order valence-corrected chi connectivity index (χ4v) is 13.5. The van der Waals surface area contributed by atoms with Gasteiger partial charge in [0.05, 0.1) is 49.7 Å². The summed E-state index contributed by atoms with van der Waals surface area (Å²) in [5, 5.41) is 103. The predicted molar refractivity (Wildman–Crippen MR) is 353 cm³/mol. The first-order valence-electron chi connectivity index (χ1n) is 31.5. The Morgan fingerprint density at radius 3 is 1.17 bits per heavy atom. The molecule has 522 valence electrons. The van der Waals surface area contributed by atoms with Crippen molar-refractivity contribution in [3.05, 3.63) is 154 Å². The Labute approximate surface area is 598 Å². The standard InChI is InChI=1S/C68H76N6O22S2.Na/c1-35(75)73-53-49(77)31-67(65(89)90,95-59(53)57(83)51(79)33-71-63(87)39-17-19-43-41-9-3-5-11-45(41)55(81)47(43)29-39)93-23-7-25-97-27-21-69-61(85)37-13-15-38(16-14-37)62(86)70-22-28-98-26-8-24-94-68(66(91)92)32-50(78)54(74-36(2)76)60(96-68)58(84)52(80)34-72-64(88)40-18-20-44-42-10-4-6-12-46(42)56(82)48(44)30-40;/h3-6,9-20,29-30,49-54,57-60,77-80,83-84H,7-8,21-28,31-34H2,1-2H3,(H,69,85)(H,70,86)(H,71,87)(H,72,88)(H,73,75)(H,74,76)(H,89,90)(H,91,92);/q;+1/t49-,50-,51+,52+,53+,54+,57?,58?,59+,60+,67+,68+;/m0./s1. The summed E-state index contributed by atoms with van der Waals surface area (Å²) in [5.41, 5.74) is 5.14. The van der Waals surface area contributed by atoms with Crippen molar-refractivity contribution in [3.63, 3.8) is 0 Å². The number of aliphatic carboxylic acids is 2. The summed E-state index contributed by atoms with van der Waals surface area (Å²) >= 11 is 2.81. The molecule has 0 spiro atoms. The van der Waals surface area contributed by atoms with Gasteiger partial charge in [-0.2, -0.15) is 23.5 Å². The van der Waals surface area contributed by atoms with E-state index in [0.717, 1.165) is 25.0 Å². The van der Waals surface area contributed by atoms with E-state index in [1.807, 2.05) is 0 Å². The maximum Gasteiger partial charge on any atom is 1.00 e. The van der Waals surface area contributed by atoms with Crippen molar-refractivity contribution in [3.8, 4) is 22.3 Å². The monoisotopic (exact) mass is 1420 g/mol. The second kappa shape index (κ2) is 34.7. The van der Waals surface area contributed by atoms with Crippen LogP contribution in [0.15, 0.2) is 109 Å². The second-order valence-electron chi connectivity index (χ2n) is 23.8. The number of fused-ring (bicyclic) bond motifs is 6. The number of carboxylic acids is 2. The number of ketones is 2. The van der Waals surface area contributed by atoms with E-state index in [-0.39, 0.29) is 103 Å². The SMILES string of the molecule is CC(=O)N[C@@H]1[C@@H](O)C[C@](OCCCSCCNC(=O)c2ccc(C(=O)NCCSCCCO[C@]3(C(=O)O)C[C@H](O)[C@@H](NC(C)=O)[C@H](C(O)[C@H](O)CNC(=O)c4ccc5c(c4)C(=O)c4ccccc4-5)O3)cc2)(C(=O)O)O[C@H]1C(O)[C@H](O)CNC(=O)c1ccc2c(c1)C(=O)c1ccccc1-2.[Na+]. The average Bonchev–Trinajstić information content (AvgIpc) is 1.76. The average molecular weight is 1420 g/mol. The number of hydrogen-bond acceptors (Lipinski definition) is 22. The quantitative estimate of drug-likeness (QED) is 0.0161. The van der Waals surface area contributed by atoms with Crippen molar-refractivity contribution < 1.29 is 137 Å². The van der Waals surface area contributed by atoms with E-state index < -0.39 is 146 Å². The van der Waals surface area contributed by atoms with Crippen molar-refractivity contribution in [2.24, 2.45) is 0 Å². The molecule has 2 aliphatic heterocycles. The fraction of sp³-hybridized carbons (Fsp3) is 0.412. The molecule has 14 N–H and O–H groups in total. The van der Waals surface area contributed by atoms with Crippen LogP contribution in [0.5, 0.6) is 0 Å². The van der Waals surface area contributed by atoms with E-state index in [2.05, 4.69) is 31.9 Å². The first-order valence-corrected chi connectivity index (χ1v) is 33.8. The molecule has 28 nitrogen and oxygen atoms in total. The number of benzene rings is 5. The summed E-state index contributed by atoms with van der Waals surface area (Å²) in [7, 11) is 0. The van der Waals surface area contributed by atoms with Crippen LogP contribution in [0.25, 0.3) is 22.3 Å². The van der Waals surface area contributed by atoms with Crippen molar-refractivity contribution in [2.45, 2.75) is 112 Å². The molecule has 31 heteroatoms. The Kier molecular flexibility index (Phi) is 27.1. The number of aliphatic hydroxyl groups is 6. The molecule has 12 atom stereocenters. The Hall–Kier alpha value is -7.50. The molecule has 0 saturated carbocycles. The van der Waals surface area contributed by atoms with Crippen LogP contribution in [-0.4, -0.2) is 235 Å². The van der Waals surface area contributed by atoms with Gasteiger partial charge in [-0.25, -0.2) is 9.59 Å². The van der Waals surface area contributed by atoms with E-state index in [9.17, 15) is 88.8 Å². The Morgan fingerprint density at radius 1 is 0.485 bits per heavy atom. The molecule has 2 heterocycles. The van der Waals surface area contributed by atoms with Gasteiger partial charge in [0.15, 0.2) is 11.6 Å². The summed E-state index contributed by atoms with van der Waals surface area (Å²) in [4.78, 5) is 128. The Bertz CT molecular complexity index is 3590. The summed E-state index contributed by atoms with van der Waals surface area (Å²) in [6.45, 7) is 1.12. The third kappa shape index (κ3) is 18.4. The summed E-state index contributed by atoms with van der Waals surface area (Å²) in [5.74, 6) is -10.7. The maximum absolute atomic E-state index is 13.2. The van der Waals surface area contributed by atoms with Gasteiger partial charge in [0.2, 0.25) is 11.8 Å². The largest absolute Gasteiger partial charge is 1.00 e. The number of rotatable bonds is 32. The molecule has 6 amide bonds. The van der Waals surface area contributed by atoms with Gasteiger partial charge in [-0.3, -0.25) is 38.4 Å². The topological polar surface area (TPSA) is 442 Å². The molecule has 0 bridgehead atoms. The molecule has 2 unspecified atom stereocenters. The minimum atomic E-state index is -2.53. The van der Waals surface area contributed by atoms with Gasteiger partial charge >= 0.3 is 41.5 Å². The molecule has 5 aromatic carbocycles. The van der Waals surface area contributed by atoms with E-state index >= 15 is 0 Å². The predicted octanol–water partition coefficient (Wildman–Crippen LogP) is -1.97. The number of thioether (sulfide) groups is 2. The van der Waals surface area contributed by atoms with Crippen LogP contribution in [0.1, 0.15) is 113 Å². The van der Waals surface area contributed by atoms with Crippen LogP contribution in [0.2, 0.25) is 0 Å². The van der Waals surface area contributed by atoms with Crippen LogP contribution in [0.3, 0.4) is 0 Å². The van der Waals surface area contributed by atoms with Crippen LogP contribution in [0, 0.1) is 0 Å². The van der Waals surface area contributed by atoms with Gasteiger partial charge < -0.3 is 91.7 Å². The number of nitrogens with one attached hydrogen (secondary N) is 6.